The number of carbonyl (C=O) groups excluding carboxylic acids is 2. The standard InChI is InChI=1S/C14H10ClN5O2S3/c1-7-11(25-20-17-7)12(22)16-13-18-19-14(24-13)23-6-10(21)8-2-4-9(15)5-3-8/h2-5H,6H2,1H3,(H,16,18,22). The first kappa shape index (κ1) is 17.9. The number of nitrogens with zero attached hydrogens (tertiary/aromatic N) is 4. The highest BCUT2D eigenvalue weighted by atomic mass is 35.5. The van der Waals surface area contributed by atoms with Crippen LogP contribution in [0.25, 0.3) is 0 Å². The number of hydrogen-bond acceptors (Lipinski definition) is 9. The summed E-state index contributed by atoms with van der Waals surface area (Å²) in [6, 6.07) is 6.72. The SMILES string of the molecule is Cc1nnsc1C(=O)Nc1nnc(SCC(=O)c2ccc(Cl)cc2)s1. The molecule has 0 radical (unpaired) electrons. The molecule has 2 aromatic heterocycles. The molecule has 1 aromatic carbocycles. The smallest absolute Gasteiger partial charge is 0.271 e. The summed E-state index contributed by atoms with van der Waals surface area (Å²) in [5, 5.41) is 15.3. The number of carbonyl (C=O) groups is 2. The summed E-state index contributed by atoms with van der Waals surface area (Å²) in [6.07, 6.45) is 0. The number of halogens is 1. The van der Waals surface area contributed by atoms with Crippen LogP contribution in [-0.2, 0) is 0 Å². The second-order valence-electron chi connectivity index (χ2n) is 4.73. The predicted octanol–water partition coefficient (Wildman–Crippen LogP) is 3.58. The molecule has 25 heavy (non-hydrogen) atoms. The summed E-state index contributed by atoms with van der Waals surface area (Å²) < 4.78 is 4.32. The van der Waals surface area contributed by atoms with Gasteiger partial charge in [0.1, 0.15) is 4.88 Å². The third-order valence-electron chi connectivity index (χ3n) is 2.98. The first-order valence-corrected chi connectivity index (χ1v) is 9.83. The zero-order valence-corrected chi connectivity index (χ0v) is 15.9. The van der Waals surface area contributed by atoms with Gasteiger partial charge in [-0.1, -0.05) is 39.2 Å². The molecular formula is C14H10ClN5O2S3. The molecule has 0 unspecified atom stereocenters. The number of amides is 1. The Morgan fingerprint density at radius 3 is 2.64 bits per heavy atom. The van der Waals surface area contributed by atoms with E-state index < -0.39 is 0 Å². The number of rotatable bonds is 6. The van der Waals surface area contributed by atoms with E-state index in [0.29, 0.717) is 30.6 Å². The fourth-order valence-corrected chi connectivity index (χ4v) is 4.08. The molecule has 1 N–H and O–H groups in total. The van der Waals surface area contributed by atoms with E-state index in [-0.39, 0.29) is 17.4 Å². The Kier molecular flexibility index (Phi) is 5.74. The zero-order valence-electron chi connectivity index (χ0n) is 12.7. The number of thioether (sulfide) groups is 1. The van der Waals surface area contributed by atoms with Crippen LogP contribution in [0.4, 0.5) is 5.13 Å². The van der Waals surface area contributed by atoms with Gasteiger partial charge in [-0.3, -0.25) is 14.9 Å². The fraction of sp³-hybridized carbons (Fsp3) is 0.143. The molecule has 1 amide bonds. The number of Topliss-reactive ketones (excluding diaryl/α,β-unsaturated/α-hetero) is 1. The highest BCUT2D eigenvalue weighted by Gasteiger charge is 2.16. The molecule has 3 aromatic rings. The number of hydrogen-bond donors (Lipinski definition) is 1. The minimum Gasteiger partial charge on any atom is -0.296 e. The first-order valence-electron chi connectivity index (χ1n) is 6.88. The molecule has 0 saturated heterocycles. The van der Waals surface area contributed by atoms with Crippen LogP contribution in [0.15, 0.2) is 28.6 Å². The highest BCUT2D eigenvalue weighted by Crippen LogP contribution is 2.27. The lowest BCUT2D eigenvalue weighted by molar-refractivity contribution is 0.101. The first-order chi connectivity index (χ1) is 12.0. The van der Waals surface area contributed by atoms with Crippen LogP contribution in [0, 0.1) is 6.92 Å². The maximum absolute atomic E-state index is 12.1. The maximum Gasteiger partial charge on any atom is 0.271 e. The van der Waals surface area contributed by atoms with Gasteiger partial charge >= 0.3 is 0 Å². The van der Waals surface area contributed by atoms with Crippen LogP contribution in [0.5, 0.6) is 0 Å². The minimum atomic E-state index is -0.322. The molecular weight excluding hydrogens is 402 g/mol. The van der Waals surface area contributed by atoms with Crippen molar-refractivity contribution in [1.29, 1.82) is 0 Å². The van der Waals surface area contributed by atoms with Gasteiger partial charge in [-0.25, -0.2) is 0 Å². The summed E-state index contributed by atoms with van der Waals surface area (Å²) in [7, 11) is 0. The van der Waals surface area contributed by atoms with E-state index in [4.69, 9.17) is 11.6 Å². The van der Waals surface area contributed by atoms with Crippen LogP contribution in [-0.4, -0.2) is 37.2 Å². The number of aromatic nitrogens is 4. The molecule has 0 fully saturated rings. The summed E-state index contributed by atoms with van der Waals surface area (Å²) in [6.45, 7) is 1.71. The van der Waals surface area contributed by atoms with E-state index >= 15 is 0 Å². The Morgan fingerprint density at radius 1 is 1.20 bits per heavy atom. The Hall–Kier alpha value is -1.88. The van der Waals surface area contributed by atoms with Crippen molar-refractivity contribution >= 4 is 63.1 Å². The Labute approximate surface area is 160 Å². The molecule has 11 heteroatoms. The van der Waals surface area contributed by atoms with Crippen molar-refractivity contribution in [2.75, 3.05) is 11.1 Å². The van der Waals surface area contributed by atoms with Gasteiger partial charge in [0.25, 0.3) is 5.91 Å². The second-order valence-corrected chi connectivity index (χ2v) is 8.12. The zero-order chi connectivity index (χ0) is 17.8. The third-order valence-corrected chi connectivity index (χ3v) is 6.03. The number of benzene rings is 1. The molecule has 0 atom stereocenters. The quantitative estimate of drug-likeness (QED) is 0.376. The van der Waals surface area contributed by atoms with E-state index in [1.165, 1.54) is 23.1 Å². The Bertz CT molecular complexity index is 909. The normalized spacial score (nSPS) is 10.6. The summed E-state index contributed by atoms with van der Waals surface area (Å²) in [5.74, 6) is -0.131. The lowest BCUT2D eigenvalue weighted by atomic mass is 10.1. The highest BCUT2D eigenvalue weighted by molar-refractivity contribution is 8.01. The van der Waals surface area contributed by atoms with E-state index in [1.54, 1.807) is 31.2 Å². The lowest BCUT2D eigenvalue weighted by Gasteiger charge is -1.99. The van der Waals surface area contributed by atoms with E-state index in [2.05, 4.69) is 25.1 Å². The van der Waals surface area contributed by atoms with Gasteiger partial charge in [0.2, 0.25) is 5.13 Å². The number of anilines is 1. The molecule has 0 saturated carbocycles. The molecule has 0 aliphatic carbocycles. The lowest BCUT2D eigenvalue weighted by Crippen LogP contribution is -2.11. The third kappa shape index (κ3) is 4.60. The van der Waals surface area contributed by atoms with Crippen LogP contribution in [0.1, 0.15) is 25.7 Å². The largest absolute Gasteiger partial charge is 0.296 e. The second kappa shape index (κ2) is 8.00. The summed E-state index contributed by atoms with van der Waals surface area (Å²) >= 11 is 9.29. The summed E-state index contributed by atoms with van der Waals surface area (Å²) in [4.78, 5) is 24.6. The number of aryl methyl sites for hydroxylation is 1. The van der Waals surface area contributed by atoms with Gasteiger partial charge in [0.05, 0.1) is 11.4 Å². The van der Waals surface area contributed by atoms with Gasteiger partial charge in [-0.05, 0) is 42.7 Å². The van der Waals surface area contributed by atoms with Crippen LogP contribution >= 0.6 is 46.2 Å². The van der Waals surface area contributed by atoms with Crippen molar-refractivity contribution in [3.63, 3.8) is 0 Å². The molecule has 0 aliphatic heterocycles. The van der Waals surface area contributed by atoms with Gasteiger partial charge in [-0.2, -0.15) is 0 Å². The van der Waals surface area contributed by atoms with Crippen LogP contribution in [0.3, 0.4) is 0 Å². The van der Waals surface area contributed by atoms with Crippen molar-refractivity contribution in [2.24, 2.45) is 0 Å². The van der Waals surface area contributed by atoms with Gasteiger partial charge in [0, 0.05) is 10.6 Å². The van der Waals surface area contributed by atoms with Crippen molar-refractivity contribution < 1.29 is 9.59 Å². The number of ketones is 1. The predicted molar refractivity (Wildman–Crippen MR) is 99.0 cm³/mol. The molecule has 7 nitrogen and oxygen atoms in total. The monoisotopic (exact) mass is 411 g/mol. The van der Waals surface area contributed by atoms with Crippen molar-refractivity contribution in [1.82, 2.24) is 19.8 Å². The van der Waals surface area contributed by atoms with E-state index in [1.807, 2.05) is 0 Å². The van der Waals surface area contributed by atoms with Crippen LogP contribution in [0.2, 0.25) is 5.02 Å². The molecule has 0 bridgehead atoms. The van der Waals surface area contributed by atoms with Crippen molar-refractivity contribution in [2.45, 2.75) is 11.3 Å². The van der Waals surface area contributed by atoms with Gasteiger partial charge in [-0.15, -0.1) is 15.3 Å². The average molecular weight is 412 g/mol. The molecule has 0 spiro atoms. The van der Waals surface area contributed by atoms with E-state index in [9.17, 15) is 9.59 Å². The Balaban J connectivity index is 1.56. The fourth-order valence-electron chi connectivity index (χ4n) is 1.76. The van der Waals surface area contributed by atoms with Gasteiger partial charge < -0.3 is 0 Å². The summed E-state index contributed by atoms with van der Waals surface area (Å²) in [5.41, 5.74) is 1.15. The molecule has 3 rings (SSSR count). The van der Waals surface area contributed by atoms with Crippen molar-refractivity contribution in [3.8, 4) is 0 Å². The van der Waals surface area contributed by atoms with Crippen LogP contribution < -0.4 is 5.32 Å². The molecule has 2 heterocycles. The average Bonchev–Trinajstić information content (AvgIpc) is 3.22. The van der Waals surface area contributed by atoms with Crippen molar-refractivity contribution in [3.05, 3.63) is 45.4 Å². The Morgan fingerprint density at radius 2 is 1.96 bits per heavy atom. The van der Waals surface area contributed by atoms with E-state index in [0.717, 1.165) is 11.5 Å². The molecule has 128 valence electrons. The minimum absolute atomic E-state index is 0.0335. The number of nitrogens with one attached hydrogen (secondary N) is 1. The topological polar surface area (TPSA) is 97.7 Å². The maximum atomic E-state index is 12.1. The molecule has 0 aliphatic rings. The van der Waals surface area contributed by atoms with Gasteiger partial charge in [0.15, 0.2) is 10.1 Å².